The third kappa shape index (κ3) is 24.0. The summed E-state index contributed by atoms with van der Waals surface area (Å²) in [5.41, 5.74) is 0. The molecule has 0 aliphatic rings. The third-order valence-electron chi connectivity index (χ3n) is 4.10. The van der Waals surface area contributed by atoms with Gasteiger partial charge in [0.25, 0.3) is 0 Å². The van der Waals surface area contributed by atoms with E-state index < -0.39 is 12.1 Å². The fourth-order valence-corrected chi connectivity index (χ4v) is 2.52. The van der Waals surface area contributed by atoms with E-state index in [1.54, 1.807) is 0 Å². The van der Waals surface area contributed by atoms with Gasteiger partial charge in [-0.2, -0.15) is 0 Å². The van der Waals surface area contributed by atoms with E-state index in [4.69, 9.17) is 14.6 Å². The largest absolute Gasteiger partial charge is 0.458 e. The molecule has 0 spiro atoms. The van der Waals surface area contributed by atoms with Gasteiger partial charge < -0.3 is 14.6 Å². The van der Waals surface area contributed by atoms with Crippen LogP contribution in [0.5, 0.6) is 0 Å². The molecule has 4 nitrogen and oxygen atoms in total. The van der Waals surface area contributed by atoms with Crippen LogP contribution >= 0.6 is 0 Å². The number of esters is 1. The first-order valence-corrected chi connectivity index (χ1v) is 11.5. The van der Waals surface area contributed by atoms with Gasteiger partial charge in [-0.05, 0) is 51.4 Å². The van der Waals surface area contributed by atoms with Crippen LogP contribution in [0.1, 0.15) is 65.2 Å². The highest BCUT2D eigenvalue weighted by Crippen LogP contribution is 1.99. The summed E-state index contributed by atoms with van der Waals surface area (Å²) in [6.45, 7) is 4.08. The van der Waals surface area contributed by atoms with Crippen LogP contribution in [0.25, 0.3) is 0 Å². The molecule has 0 heterocycles. The van der Waals surface area contributed by atoms with E-state index in [9.17, 15) is 4.79 Å². The number of carbonyl (C=O) groups excluding carboxylic acids is 1. The Morgan fingerprint density at radius 3 is 1.65 bits per heavy atom. The molecule has 0 aliphatic heterocycles. The molecule has 0 aromatic heterocycles. The van der Waals surface area contributed by atoms with Crippen LogP contribution in [-0.4, -0.2) is 37.0 Å². The number of aliphatic hydroxyl groups excluding tert-OH is 1. The minimum absolute atomic E-state index is 0.216. The van der Waals surface area contributed by atoms with Gasteiger partial charge in [0.05, 0.1) is 13.2 Å². The Hall–Kier alpha value is -2.17. The maximum atomic E-state index is 10.8. The minimum atomic E-state index is -0.566. The zero-order valence-electron chi connectivity index (χ0n) is 19.5. The Kier molecular flexibility index (Phi) is 22.4. The maximum Gasteiger partial charge on any atom is 0.303 e. The van der Waals surface area contributed by atoms with Crippen LogP contribution in [-0.2, 0) is 14.3 Å². The van der Waals surface area contributed by atoms with Crippen molar-refractivity contribution in [3.8, 4) is 0 Å². The molecule has 0 amide bonds. The first-order valence-electron chi connectivity index (χ1n) is 11.5. The monoisotopic (exact) mass is 430 g/mol. The van der Waals surface area contributed by atoms with Crippen LogP contribution in [0.4, 0.5) is 0 Å². The molecule has 0 aromatic carbocycles. The van der Waals surface area contributed by atoms with E-state index in [0.717, 1.165) is 51.4 Å². The fraction of sp³-hybridized carbons (Fsp3) is 0.519. The molecule has 1 unspecified atom stereocenters. The van der Waals surface area contributed by atoms with E-state index in [2.05, 4.69) is 79.8 Å². The molecular formula is C27H42O4. The van der Waals surface area contributed by atoms with Gasteiger partial charge in [0.2, 0.25) is 0 Å². The SMILES string of the molecule is CC/C=C\C/C=C\C/C=C\C/C=C\C/C=C\C/C=C\CCCOCC(CO)OC(C)=O. The van der Waals surface area contributed by atoms with Crippen LogP contribution in [0.15, 0.2) is 72.9 Å². The predicted octanol–water partition coefficient (Wildman–Crippen LogP) is 6.40. The highest BCUT2D eigenvalue weighted by molar-refractivity contribution is 5.66. The normalized spacial score (nSPS) is 13.8. The Morgan fingerprint density at radius 1 is 0.774 bits per heavy atom. The van der Waals surface area contributed by atoms with Gasteiger partial charge in [0.1, 0.15) is 6.10 Å². The molecule has 0 rings (SSSR count). The van der Waals surface area contributed by atoms with Crippen LogP contribution in [0.3, 0.4) is 0 Å². The highest BCUT2D eigenvalue weighted by Gasteiger charge is 2.10. The lowest BCUT2D eigenvalue weighted by Crippen LogP contribution is -2.26. The molecule has 174 valence electrons. The van der Waals surface area contributed by atoms with E-state index in [1.165, 1.54) is 6.92 Å². The summed E-state index contributed by atoms with van der Waals surface area (Å²) in [5.74, 6) is -0.402. The first-order chi connectivity index (χ1) is 15.2. The number of unbranched alkanes of at least 4 members (excludes halogenated alkanes) is 1. The molecule has 1 atom stereocenters. The second kappa shape index (κ2) is 24.1. The number of hydrogen-bond donors (Lipinski definition) is 1. The van der Waals surface area contributed by atoms with Gasteiger partial charge in [-0.25, -0.2) is 0 Å². The van der Waals surface area contributed by atoms with Crippen molar-refractivity contribution in [1.82, 2.24) is 0 Å². The number of ether oxygens (including phenoxy) is 2. The molecule has 0 bridgehead atoms. The number of rotatable bonds is 19. The number of carbonyl (C=O) groups is 1. The maximum absolute atomic E-state index is 10.8. The average Bonchev–Trinajstić information content (AvgIpc) is 2.76. The van der Waals surface area contributed by atoms with E-state index in [-0.39, 0.29) is 13.2 Å². The van der Waals surface area contributed by atoms with Gasteiger partial charge in [0.15, 0.2) is 0 Å². The second-order valence-electron chi connectivity index (χ2n) is 7.05. The van der Waals surface area contributed by atoms with E-state index in [0.29, 0.717) is 6.61 Å². The van der Waals surface area contributed by atoms with Crippen molar-refractivity contribution >= 4 is 5.97 Å². The lowest BCUT2D eigenvalue weighted by molar-refractivity contribution is -0.151. The van der Waals surface area contributed by atoms with Crippen LogP contribution in [0, 0.1) is 0 Å². The Balaban J connectivity index is 3.55. The van der Waals surface area contributed by atoms with Crippen molar-refractivity contribution in [3.63, 3.8) is 0 Å². The standard InChI is InChI=1S/C27H42O4/c1-3-4-5-6-7-8-9-10-11-12-13-14-15-16-17-18-19-20-21-22-23-30-25-27(24-28)31-26(2)29/h4-5,7-8,10-11,13-14,16-17,19-20,27-28H,3,6,9,12,15,18,21-25H2,1-2H3/b5-4-,8-7-,11-10-,14-13-,17-16-,20-19-. The van der Waals surface area contributed by atoms with Crippen molar-refractivity contribution in [1.29, 1.82) is 0 Å². The highest BCUT2D eigenvalue weighted by atomic mass is 16.6. The first kappa shape index (κ1) is 28.8. The van der Waals surface area contributed by atoms with Gasteiger partial charge in [-0.15, -0.1) is 0 Å². The summed E-state index contributed by atoms with van der Waals surface area (Å²) >= 11 is 0. The molecule has 4 heteroatoms. The Bertz CT molecular complexity index is 582. The molecule has 0 saturated carbocycles. The quantitative estimate of drug-likeness (QED) is 0.146. The lowest BCUT2D eigenvalue weighted by Gasteiger charge is -2.14. The summed E-state index contributed by atoms with van der Waals surface area (Å²) in [5, 5.41) is 9.06. The molecule has 0 aromatic rings. The summed E-state index contributed by atoms with van der Waals surface area (Å²) in [4.78, 5) is 10.8. The van der Waals surface area contributed by atoms with Gasteiger partial charge in [-0.1, -0.05) is 79.8 Å². The summed E-state index contributed by atoms with van der Waals surface area (Å²) in [6, 6.07) is 0. The molecular weight excluding hydrogens is 388 g/mol. The Morgan fingerprint density at radius 2 is 1.23 bits per heavy atom. The number of allylic oxidation sites excluding steroid dienone is 12. The van der Waals surface area contributed by atoms with Crippen molar-refractivity contribution < 1.29 is 19.4 Å². The third-order valence-corrected chi connectivity index (χ3v) is 4.10. The van der Waals surface area contributed by atoms with Crippen molar-refractivity contribution in [2.75, 3.05) is 19.8 Å². The van der Waals surface area contributed by atoms with Crippen molar-refractivity contribution in [2.24, 2.45) is 0 Å². The smallest absolute Gasteiger partial charge is 0.303 e. The van der Waals surface area contributed by atoms with Crippen molar-refractivity contribution in [3.05, 3.63) is 72.9 Å². The lowest BCUT2D eigenvalue weighted by atomic mass is 10.2. The molecule has 1 N–H and O–H groups in total. The topological polar surface area (TPSA) is 55.8 Å². The zero-order chi connectivity index (χ0) is 22.8. The van der Waals surface area contributed by atoms with Crippen molar-refractivity contribution in [2.45, 2.75) is 71.3 Å². The van der Waals surface area contributed by atoms with Crippen LogP contribution in [0.2, 0.25) is 0 Å². The van der Waals surface area contributed by atoms with Gasteiger partial charge in [0, 0.05) is 13.5 Å². The average molecular weight is 431 g/mol. The number of aliphatic hydroxyl groups is 1. The summed E-state index contributed by atoms with van der Waals surface area (Å²) in [6.07, 6.45) is 33.6. The Labute approximate surface area is 189 Å². The van der Waals surface area contributed by atoms with Gasteiger partial charge >= 0.3 is 5.97 Å². The minimum Gasteiger partial charge on any atom is -0.458 e. The van der Waals surface area contributed by atoms with Crippen LogP contribution < -0.4 is 0 Å². The zero-order valence-corrected chi connectivity index (χ0v) is 19.5. The molecule has 31 heavy (non-hydrogen) atoms. The van der Waals surface area contributed by atoms with E-state index in [1.807, 2.05) is 0 Å². The number of hydrogen-bond acceptors (Lipinski definition) is 4. The predicted molar refractivity (Wildman–Crippen MR) is 131 cm³/mol. The van der Waals surface area contributed by atoms with Gasteiger partial charge in [-0.3, -0.25) is 4.79 Å². The summed E-state index contributed by atoms with van der Waals surface area (Å²) < 4.78 is 10.3. The second-order valence-corrected chi connectivity index (χ2v) is 7.05. The van der Waals surface area contributed by atoms with E-state index >= 15 is 0 Å². The molecule has 0 saturated heterocycles. The summed E-state index contributed by atoms with van der Waals surface area (Å²) in [7, 11) is 0. The molecule has 0 radical (unpaired) electrons. The molecule has 0 aliphatic carbocycles. The fourth-order valence-electron chi connectivity index (χ4n) is 2.52. The molecule has 0 fully saturated rings.